The summed E-state index contributed by atoms with van der Waals surface area (Å²) in [6.07, 6.45) is 0. The molecule has 6 nitrogen and oxygen atoms in total. The van der Waals surface area contributed by atoms with E-state index < -0.39 is 6.04 Å². The molecule has 1 aliphatic rings. The molecule has 0 bridgehead atoms. The highest BCUT2D eigenvalue weighted by Gasteiger charge is 2.36. The summed E-state index contributed by atoms with van der Waals surface area (Å²) in [6, 6.07) is 11.3. The number of anilines is 1. The number of carbonyl (C=O) groups excluding carboxylic acids is 1. The fraction of sp³-hybridized carbons (Fsp3) is 0.227. The standard InChI is InChI=1S/C22H20BrN5OS/c1-12-9-13(2)19(14(3)10-12)25-26-20-15(4)27-28(21(20)29)22-24-18(11-30-22)16-5-7-17(23)8-6-16/h5-11,20H,1-4H3/t20-/m1/s1. The van der Waals surface area contributed by atoms with Gasteiger partial charge in [-0.1, -0.05) is 45.8 Å². The summed E-state index contributed by atoms with van der Waals surface area (Å²) in [5.41, 5.74) is 6.43. The lowest BCUT2D eigenvalue weighted by molar-refractivity contribution is -0.117. The van der Waals surface area contributed by atoms with Gasteiger partial charge in [0.05, 0.1) is 17.1 Å². The summed E-state index contributed by atoms with van der Waals surface area (Å²) in [5.74, 6) is -0.240. The molecule has 0 saturated carbocycles. The van der Waals surface area contributed by atoms with Crippen LogP contribution in [0.3, 0.4) is 0 Å². The number of azo groups is 1. The summed E-state index contributed by atoms with van der Waals surface area (Å²) in [6.45, 7) is 7.83. The minimum atomic E-state index is -0.731. The second-order valence-electron chi connectivity index (χ2n) is 7.28. The van der Waals surface area contributed by atoms with Gasteiger partial charge in [-0.2, -0.15) is 20.3 Å². The number of thiazole rings is 1. The maximum absolute atomic E-state index is 13.0. The Morgan fingerprint density at radius 3 is 2.40 bits per heavy atom. The van der Waals surface area contributed by atoms with E-state index in [9.17, 15) is 4.79 Å². The first-order valence-electron chi connectivity index (χ1n) is 9.42. The Balaban J connectivity index is 1.56. The van der Waals surface area contributed by atoms with Crippen LogP contribution in [-0.4, -0.2) is 22.6 Å². The minimum absolute atomic E-state index is 0.240. The third-order valence-electron chi connectivity index (χ3n) is 4.82. The van der Waals surface area contributed by atoms with Crippen molar-refractivity contribution in [2.75, 3.05) is 5.01 Å². The van der Waals surface area contributed by atoms with Gasteiger partial charge in [0.2, 0.25) is 5.13 Å². The minimum Gasteiger partial charge on any atom is -0.269 e. The summed E-state index contributed by atoms with van der Waals surface area (Å²) < 4.78 is 1.00. The number of aryl methyl sites for hydroxylation is 3. The van der Waals surface area contributed by atoms with Crippen molar-refractivity contribution in [1.29, 1.82) is 0 Å². The molecular formula is C22H20BrN5OS. The lowest BCUT2D eigenvalue weighted by Crippen LogP contribution is -2.29. The van der Waals surface area contributed by atoms with Crippen molar-refractivity contribution in [2.24, 2.45) is 15.3 Å². The average molecular weight is 482 g/mol. The molecule has 2 aromatic carbocycles. The molecule has 0 saturated heterocycles. The van der Waals surface area contributed by atoms with Crippen molar-refractivity contribution in [1.82, 2.24) is 4.98 Å². The van der Waals surface area contributed by atoms with E-state index in [1.165, 1.54) is 21.9 Å². The second kappa shape index (κ2) is 8.20. The number of aromatic nitrogens is 1. The summed E-state index contributed by atoms with van der Waals surface area (Å²) in [7, 11) is 0. The molecule has 1 amide bonds. The highest BCUT2D eigenvalue weighted by atomic mass is 79.9. The van der Waals surface area contributed by atoms with Gasteiger partial charge in [0.15, 0.2) is 6.04 Å². The first kappa shape index (κ1) is 20.6. The largest absolute Gasteiger partial charge is 0.282 e. The lowest BCUT2D eigenvalue weighted by Gasteiger charge is -2.09. The molecule has 0 radical (unpaired) electrons. The molecule has 0 spiro atoms. The fourth-order valence-corrected chi connectivity index (χ4v) is 4.44. The first-order valence-corrected chi connectivity index (χ1v) is 11.1. The van der Waals surface area contributed by atoms with Crippen LogP contribution in [0.15, 0.2) is 61.6 Å². The monoisotopic (exact) mass is 481 g/mol. The van der Waals surface area contributed by atoms with E-state index in [0.29, 0.717) is 10.8 Å². The number of benzene rings is 2. The number of hydrogen-bond acceptors (Lipinski definition) is 6. The predicted octanol–water partition coefficient (Wildman–Crippen LogP) is 6.37. The van der Waals surface area contributed by atoms with Gasteiger partial charge in [-0.25, -0.2) is 4.98 Å². The van der Waals surface area contributed by atoms with Crippen LogP contribution < -0.4 is 5.01 Å². The smallest absolute Gasteiger partial charge is 0.269 e. The molecule has 3 aromatic rings. The molecular weight excluding hydrogens is 462 g/mol. The van der Waals surface area contributed by atoms with Crippen molar-refractivity contribution in [3.05, 3.63) is 62.9 Å². The molecule has 30 heavy (non-hydrogen) atoms. The van der Waals surface area contributed by atoms with E-state index in [4.69, 9.17) is 0 Å². The van der Waals surface area contributed by atoms with E-state index in [1.807, 2.05) is 50.4 Å². The Kier molecular flexibility index (Phi) is 5.62. The fourth-order valence-electron chi connectivity index (χ4n) is 3.39. The first-order chi connectivity index (χ1) is 14.3. The van der Waals surface area contributed by atoms with Crippen molar-refractivity contribution in [3.8, 4) is 11.3 Å². The highest BCUT2D eigenvalue weighted by molar-refractivity contribution is 9.10. The molecule has 0 N–H and O–H groups in total. The Hall–Kier alpha value is -2.71. The molecule has 1 atom stereocenters. The third-order valence-corrected chi connectivity index (χ3v) is 6.16. The van der Waals surface area contributed by atoms with Gasteiger partial charge in [-0.15, -0.1) is 11.3 Å². The van der Waals surface area contributed by atoms with Crippen molar-refractivity contribution in [2.45, 2.75) is 33.7 Å². The quantitative estimate of drug-likeness (QED) is 0.405. The molecule has 1 aliphatic heterocycles. The van der Waals surface area contributed by atoms with Gasteiger partial charge in [0.1, 0.15) is 0 Å². The van der Waals surface area contributed by atoms with Gasteiger partial charge in [0.25, 0.3) is 5.91 Å². The molecule has 2 heterocycles. The van der Waals surface area contributed by atoms with Crippen LogP contribution in [-0.2, 0) is 4.79 Å². The highest BCUT2D eigenvalue weighted by Crippen LogP contribution is 2.32. The Morgan fingerprint density at radius 1 is 1.07 bits per heavy atom. The van der Waals surface area contributed by atoms with E-state index in [1.54, 1.807) is 6.92 Å². The third kappa shape index (κ3) is 3.97. The molecule has 1 aromatic heterocycles. The molecule has 4 rings (SSSR count). The van der Waals surface area contributed by atoms with Gasteiger partial charge in [-0.3, -0.25) is 4.79 Å². The maximum atomic E-state index is 13.0. The number of nitrogens with zero attached hydrogens (tertiary/aromatic N) is 5. The van der Waals surface area contributed by atoms with Crippen molar-refractivity contribution < 1.29 is 4.79 Å². The molecule has 0 fully saturated rings. The van der Waals surface area contributed by atoms with Crippen LogP contribution in [0.1, 0.15) is 23.6 Å². The lowest BCUT2D eigenvalue weighted by atomic mass is 10.1. The number of carbonyl (C=O) groups is 1. The number of halogens is 1. The van der Waals surface area contributed by atoms with E-state index in [0.717, 1.165) is 32.5 Å². The predicted molar refractivity (Wildman–Crippen MR) is 125 cm³/mol. The summed E-state index contributed by atoms with van der Waals surface area (Å²) in [5, 5.41) is 16.9. The normalized spacial score (nSPS) is 16.6. The number of rotatable bonds is 4. The van der Waals surface area contributed by atoms with Gasteiger partial charge < -0.3 is 0 Å². The Labute approximate surface area is 187 Å². The zero-order chi connectivity index (χ0) is 21.4. The van der Waals surface area contributed by atoms with Crippen LogP contribution >= 0.6 is 27.3 Å². The maximum Gasteiger partial charge on any atom is 0.282 e. The van der Waals surface area contributed by atoms with E-state index in [2.05, 4.69) is 48.4 Å². The average Bonchev–Trinajstić information content (AvgIpc) is 3.27. The van der Waals surface area contributed by atoms with Crippen molar-refractivity contribution >= 4 is 49.7 Å². The summed E-state index contributed by atoms with van der Waals surface area (Å²) >= 11 is 4.81. The second-order valence-corrected chi connectivity index (χ2v) is 9.03. The van der Waals surface area contributed by atoms with Gasteiger partial charge in [0, 0.05) is 15.4 Å². The molecule has 8 heteroatoms. The number of hydrogen-bond donors (Lipinski definition) is 0. The van der Waals surface area contributed by atoms with Crippen LogP contribution in [0.25, 0.3) is 11.3 Å². The summed E-state index contributed by atoms with van der Waals surface area (Å²) in [4.78, 5) is 17.6. The van der Waals surface area contributed by atoms with E-state index >= 15 is 0 Å². The van der Waals surface area contributed by atoms with E-state index in [-0.39, 0.29) is 5.91 Å². The zero-order valence-corrected chi connectivity index (χ0v) is 19.5. The van der Waals surface area contributed by atoms with Gasteiger partial charge >= 0.3 is 0 Å². The van der Waals surface area contributed by atoms with Crippen LogP contribution in [0, 0.1) is 20.8 Å². The topological polar surface area (TPSA) is 70.3 Å². The van der Waals surface area contributed by atoms with Crippen LogP contribution in [0.4, 0.5) is 10.8 Å². The van der Waals surface area contributed by atoms with Gasteiger partial charge in [-0.05, 0) is 51.0 Å². The van der Waals surface area contributed by atoms with Crippen molar-refractivity contribution in [3.63, 3.8) is 0 Å². The molecule has 152 valence electrons. The Morgan fingerprint density at radius 2 is 1.73 bits per heavy atom. The number of amides is 1. The molecule has 0 unspecified atom stereocenters. The Bertz CT molecular complexity index is 1160. The number of hydrazone groups is 1. The molecule has 0 aliphatic carbocycles. The van der Waals surface area contributed by atoms with Crippen LogP contribution in [0.2, 0.25) is 0 Å². The van der Waals surface area contributed by atoms with Crippen LogP contribution in [0.5, 0.6) is 0 Å². The SMILES string of the molecule is CC1=NN(c2nc(-c3ccc(Br)cc3)cs2)C(=O)[C@@H]1N=Nc1c(C)cc(C)cc1C. The zero-order valence-electron chi connectivity index (χ0n) is 17.0.